The van der Waals surface area contributed by atoms with Gasteiger partial charge < -0.3 is 5.43 Å². The van der Waals surface area contributed by atoms with Gasteiger partial charge in [-0.1, -0.05) is 43.2 Å². The fraction of sp³-hybridized carbons (Fsp3) is 0.462. The number of hydrogen-bond acceptors (Lipinski definition) is 2. The van der Waals surface area contributed by atoms with Crippen LogP contribution in [0.1, 0.15) is 31.2 Å². The van der Waals surface area contributed by atoms with E-state index < -0.39 is 0 Å². The molecule has 0 unspecified atom stereocenters. The van der Waals surface area contributed by atoms with Gasteiger partial charge in [0, 0.05) is 6.42 Å². The number of aliphatic imine (C=N–C) groups is 1. The van der Waals surface area contributed by atoms with Crippen LogP contribution in [-0.2, 0) is 6.42 Å². The van der Waals surface area contributed by atoms with E-state index in [-0.39, 0.29) is 0 Å². The lowest BCUT2D eigenvalue weighted by Crippen LogP contribution is -2.33. The first-order valence-electron chi connectivity index (χ1n) is 5.95. The summed E-state index contributed by atoms with van der Waals surface area (Å²) in [5.74, 6) is 6.42. The van der Waals surface area contributed by atoms with Crippen LogP contribution in [0.4, 0.5) is 0 Å². The predicted octanol–water partition coefficient (Wildman–Crippen LogP) is 2.03. The van der Waals surface area contributed by atoms with E-state index in [1.807, 2.05) is 18.2 Å². The van der Waals surface area contributed by atoms with Crippen LogP contribution in [0, 0.1) is 0 Å². The first-order chi connectivity index (χ1) is 7.88. The number of nitrogens with one attached hydrogen (secondary N) is 1. The van der Waals surface area contributed by atoms with Crippen LogP contribution in [-0.4, -0.2) is 11.9 Å². The lowest BCUT2D eigenvalue weighted by atomic mass is 10.1. The van der Waals surface area contributed by atoms with Gasteiger partial charge in [-0.2, -0.15) is 0 Å². The zero-order valence-electron chi connectivity index (χ0n) is 9.52. The summed E-state index contributed by atoms with van der Waals surface area (Å²) in [5, 5.41) is 0. The summed E-state index contributed by atoms with van der Waals surface area (Å²) in [4.78, 5) is 4.67. The molecule has 1 aliphatic rings. The van der Waals surface area contributed by atoms with Gasteiger partial charge in [-0.15, -0.1) is 0 Å². The highest BCUT2D eigenvalue weighted by molar-refractivity contribution is 5.84. The van der Waals surface area contributed by atoms with Crippen molar-refractivity contribution in [2.45, 2.75) is 38.1 Å². The van der Waals surface area contributed by atoms with Crippen molar-refractivity contribution < 1.29 is 0 Å². The molecular weight excluding hydrogens is 198 g/mol. The van der Waals surface area contributed by atoms with E-state index in [9.17, 15) is 0 Å². The Kier molecular flexibility index (Phi) is 3.94. The third kappa shape index (κ3) is 3.07. The van der Waals surface area contributed by atoms with Gasteiger partial charge in [0.25, 0.3) is 0 Å². The van der Waals surface area contributed by atoms with Crippen LogP contribution in [0.15, 0.2) is 35.3 Å². The van der Waals surface area contributed by atoms with Gasteiger partial charge in [0.15, 0.2) is 0 Å². The van der Waals surface area contributed by atoms with Crippen molar-refractivity contribution in [1.29, 1.82) is 0 Å². The second-order valence-electron chi connectivity index (χ2n) is 4.32. The molecule has 3 nitrogen and oxygen atoms in total. The average molecular weight is 217 g/mol. The number of amidine groups is 1. The minimum atomic E-state index is 0.481. The van der Waals surface area contributed by atoms with Gasteiger partial charge >= 0.3 is 0 Å². The molecule has 86 valence electrons. The van der Waals surface area contributed by atoms with Crippen LogP contribution >= 0.6 is 0 Å². The molecule has 3 N–H and O–H groups in total. The molecular formula is C13H19N3. The van der Waals surface area contributed by atoms with Crippen LogP contribution in [0.25, 0.3) is 0 Å². The molecule has 0 spiro atoms. The van der Waals surface area contributed by atoms with Gasteiger partial charge in [0.1, 0.15) is 5.84 Å². The molecule has 16 heavy (non-hydrogen) atoms. The zero-order chi connectivity index (χ0) is 11.2. The molecule has 2 rings (SSSR count). The molecule has 1 aromatic rings. The van der Waals surface area contributed by atoms with Gasteiger partial charge in [-0.05, 0) is 18.4 Å². The number of benzene rings is 1. The first kappa shape index (κ1) is 11.1. The van der Waals surface area contributed by atoms with Crippen LogP contribution in [0.3, 0.4) is 0 Å². The summed E-state index contributed by atoms with van der Waals surface area (Å²) in [5.41, 5.74) is 3.97. The summed E-state index contributed by atoms with van der Waals surface area (Å²) < 4.78 is 0. The second-order valence-corrected chi connectivity index (χ2v) is 4.32. The molecule has 0 bridgehead atoms. The fourth-order valence-electron chi connectivity index (χ4n) is 2.18. The fourth-order valence-corrected chi connectivity index (χ4v) is 2.18. The maximum Gasteiger partial charge on any atom is 0.115 e. The molecule has 0 saturated heterocycles. The van der Waals surface area contributed by atoms with Crippen LogP contribution in [0.5, 0.6) is 0 Å². The number of hydrazine groups is 1. The van der Waals surface area contributed by atoms with Gasteiger partial charge in [-0.25, -0.2) is 5.84 Å². The van der Waals surface area contributed by atoms with Gasteiger partial charge in [-0.3, -0.25) is 4.99 Å². The lowest BCUT2D eigenvalue weighted by molar-refractivity contribution is 0.697. The second kappa shape index (κ2) is 5.66. The Morgan fingerprint density at radius 2 is 1.94 bits per heavy atom. The summed E-state index contributed by atoms with van der Waals surface area (Å²) in [6.07, 6.45) is 5.82. The third-order valence-corrected chi connectivity index (χ3v) is 3.04. The zero-order valence-corrected chi connectivity index (χ0v) is 9.52. The molecule has 0 aromatic heterocycles. The topological polar surface area (TPSA) is 50.4 Å². The highest BCUT2D eigenvalue weighted by atomic mass is 15.3. The Bertz CT molecular complexity index is 339. The summed E-state index contributed by atoms with van der Waals surface area (Å²) >= 11 is 0. The van der Waals surface area contributed by atoms with E-state index in [2.05, 4.69) is 22.6 Å². The molecule has 1 saturated carbocycles. The van der Waals surface area contributed by atoms with E-state index in [1.165, 1.54) is 31.2 Å². The van der Waals surface area contributed by atoms with Crippen molar-refractivity contribution in [3.63, 3.8) is 0 Å². The maximum atomic E-state index is 5.52. The molecule has 1 aliphatic carbocycles. The van der Waals surface area contributed by atoms with Crippen LogP contribution < -0.4 is 11.3 Å². The molecule has 3 heteroatoms. The van der Waals surface area contributed by atoms with Crippen molar-refractivity contribution in [2.75, 3.05) is 0 Å². The highest BCUT2D eigenvalue weighted by Gasteiger charge is 2.14. The van der Waals surface area contributed by atoms with E-state index >= 15 is 0 Å². The Labute approximate surface area is 96.7 Å². The normalized spacial score (nSPS) is 17.7. The highest BCUT2D eigenvalue weighted by Crippen LogP contribution is 2.21. The minimum absolute atomic E-state index is 0.481. The molecule has 1 aromatic carbocycles. The van der Waals surface area contributed by atoms with Crippen molar-refractivity contribution in [3.8, 4) is 0 Å². The summed E-state index contributed by atoms with van der Waals surface area (Å²) in [6, 6.07) is 10.8. The molecule has 0 aliphatic heterocycles. The summed E-state index contributed by atoms with van der Waals surface area (Å²) in [6.45, 7) is 0. The molecule has 0 atom stereocenters. The molecule has 0 amide bonds. The average Bonchev–Trinajstić information content (AvgIpc) is 2.82. The Morgan fingerprint density at radius 3 is 2.56 bits per heavy atom. The van der Waals surface area contributed by atoms with E-state index in [1.54, 1.807) is 0 Å². The number of hydrogen-bond donors (Lipinski definition) is 2. The minimum Gasteiger partial charge on any atom is -0.312 e. The van der Waals surface area contributed by atoms with E-state index in [0.29, 0.717) is 6.04 Å². The van der Waals surface area contributed by atoms with Crippen molar-refractivity contribution >= 4 is 5.84 Å². The SMILES string of the molecule is NNC(Cc1ccccc1)=NC1CCCC1. The third-order valence-electron chi connectivity index (χ3n) is 3.04. The number of nitrogens with zero attached hydrogens (tertiary/aromatic N) is 1. The van der Waals surface area contributed by atoms with Gasteiger partial charge in [0.2, 0.25) is 0 Å². The van der Waals surface area contributed by atoms with Gasteiger partial charge in [0.05, 0.1) is 6.04 Å². The largest absolute Gasteiger partial charge is 0.312 e. The first-order valence-corrected chi connectivity index (χ1v) is 5.95. The van der Waals surface area contributed by atoms with E-state index in [0.717, 1.165) is 12.3 Å². The van der Waals surface area contributed by atoms with Crippen LogP contribution in [0.2, 0.25) is 0 Å². The molecule has 0 radical (unpaired) electrons. The lowest BCUT2D eigenvalue weighted by Gasteiger charge is -2.09. The summed E-state index contributed by atoms with van der Waals surface area (Å²) in [7, 11) is 0. The molecule has 0 heterocycles. The predicted molar refractivity (Wildman–Crippen MR) is 67.2 cm³/mol. The number of rotatable bonds is 3. The monoisotopic (exact) mass is 217 g/mol. The van der Waals surface area contributed by atoms with E-state index in [4.69, 9.17) is 5.84 Å². The smallest absolute Gasteiger partial charge is 0.115 e. The Morgan fingerprint density at radius 1 is 1.25 bits per heavy atom. The van der Waals surface area contributed by atoms with Crippen molar-refractivity contribution in [1.82, 2.24) is 5.43 Å². The number of nitrogens with two attached hydrogens (primary N) is 1. The maximum absolute atomic E-state index is 5.52. The molecule has 1 fully saturated rings. The quantitative estimate of drug-likeness (QED) is 0.352. The Balaban J connectivity index is 1.99. The van der Waals surface area contributed by atoms with Crippen molar-refractivity contribution in [2.24, 2.45) is 10.8 Å². The standard InChI is InChI=1S/C13H19N3/c14-16-13(15-12-8-4-5-9-12)10-11-6-2-1-3-7-11/h1-3,6-7,12H,4-5,8-10,14H2,(H,15,16). The Hall–Kier alpha value is -1.35. The van der Waals surface area contributed by atoms with Crippen molar-refractivity contribution in [3.05, 3.63) is 35.9 Å².